The fourth-order valence-electron chi connectivity index (χ4n) is 2.92. The summed E-state index contributed by atoms with van der Waals surface area (Å²) in [5.74, 6) is 1.13. The molecule has 2 aromatic heterocycles. The van der Waals surface area contributed by atoms with Gasteiger partial charge < -0.3 is 14.4 Å². The van der Waals surface area contributed by atoms with Crippen LogP contribution in [0.4, 0.5) is 13.2 Å². The Morgan fingerprint density at radius 3 is 2.52 bits per heavy atom. The van der Waals surface area contributed by atoms with Crippen molar-refractivity contribution in [3.05, 3.63) is 70.7 Å². The molecule has 0 amide bonds. The van der Waals surface area contributed by atoms with E-state index in [1.165, 1.54) is 27.8 Å². The number of hydrogen-bond donors (Lipinski definition) is 1. The van der Waals surface area contributed by atoms with Crippen molar-refractivity contribution in [1.82, 2.24) is 5.16 Å². The Kier molecular flexibility index (Phi) is 6.96. The Bertz CT molecular complexity index is 1150. The third-order valence-electron chi connectivity index (χ3n) is 4.45. The van der Waals surface area contributed by atoms with Gasteiger partial charge in [-0.05, 0) is 53.1 Å². The molecule has 4 rings (SSSR count). The van der Waals surface area contributed by atoms with Crippen molar-refractivity contribution < 1.29 is 32.3 Å². The first-order valence-electron chi connectivity index (χ1n) is 9.19. The Morgan fingerprint density at radius 1 is 1.16 bits per heavy atom. The fraction of sp³-hybridized carbons (Fsp3) is 0.182. The van der Waals surface area contributed by atoms with E-state index in [1.807, 2.05) is 12.1 Å². The minimum atomic E-state index is -4.36. The molecule has 0 saturated heterocycles. The Morgan fingerprint density at radius 2 is 1.87 bits per heavy atom. The molecule has 0 aliphatic heterocycles. The van der Waals surface area contributed by atoms with Crippen molar-refractivity contribution in [2.24, 2.45) is 0 Å². The zero-order valence-electron chi connectivity index (χ0n) is 16.3. The molecule has 0 aliphatic carbocycles. The molecule has 31 heavy (non-hydrogen) atoms. The van der Waals surface area contributed by atoms with E-state index in [9.17, 15) is 13.2 Å². The summed E-state index contributed by atoms with van der Waals surface area (Å²) in [5, 5.41) is 14.2. The Labute approximate surface area is 179 Å². The van der Waals surface area contributed by atoms with Crippen molar-refractivity contribution in [2.75, 3.05) is 0 Å². The second-order valence-electron chi connectivity index (χ2n) is 6.42. The van der Waals surface area contributed by atoms with E-state index in [-0.39, 0.29) is 13.1 Å². The van der Waals surface area contributed by atoms with E-state index < -0.39 is 11.7 Å². The van der Waals surface area contributed by atoms with E-state index >= 15 is 0 Å². The van der Waals surface area contributed by atoms with Crippen LogP contribution in [-0.4, -0.2) is 16.7 Å². The van der Waals surface area contributed by atoms with Gasteiger partial charge in [-0.3, -0.25) is 4.79 Å². The maximum atomic E-state index is 12.7. The summed E-state index contributed by atoms with van der Waals surface area (Å²) in [7, 11) is 0. The molecule has 0 unspecified atom stereocenters. The number of nitrogens with zero attached hydrogens (tertiary/aromatic N) is 1. The SMILES string of the molecule is CCc1csc2cc(OCc3cc(-c4ccc(C(F)(F)F)cc4)on3)ccc12.O=CO. The number of benzene rings is 2. The number of thiophene rings is 1. The van der Waals surface area contributed by atoms with E-state index in [0.29, 0.717) is 17.0 Å². The number of alkyl halides is 3. The lowest BCUT2D eigenvalue weighted by atomic mass is 10.1. The number of carboxylic acid groups (broad SMARTS) is 1. The first kappa shape index (κ1) is 22.4. The van der Waals surface area contributed by atoms with Gasteiger partial charge in [0.05, 0.1) is 5.56 Å². The summed E-state index contributed by atoms with van der Waals surface area (Å²) in [4.78, 5) is 8.36. The third kappa shape index (κ3) is 5.43. The van der Waals surface area contributed by atoms with Gasteiger partial charge in [0.25, 0.3) is 6.47 Å². The molecule has 2 aromatic carbocycles. The van der Waals surface area contributed by atoms with Crippen LogP contribution in [-0.2, 0) is 24.0 Å². The third-order valence-corrected chi connectivity index (χ3v) is 5.44. The molecular formula is C22H18F3NO4S. The molecule has 0 spiro atoms. The zero-order valence-corrected chi connectivity index (χ0v) is 17.2. The Balaban J connectivity index is 0.000000858. The number of halogens is 3. The van der Waals surface area contributed by atoms with Crippen LogP contribution in [0.3, 0.4) is 0 Å². The van der Waals surface area contributed by atoms with Gasteiger partial charge in [0.2, 0.25) is 0 Å². The summed E-state index contributed by atoms with van der Waals surface area (Å²) < 4.78 is 50.2. The second kappa shape index (κ2) is 9.65. The standard InChI is InChI=1S/C21H16F3NO2S.CH2O2/c1-2-13-12-28-20-10-17(7-8-18(13)20)26-11-16-9-19(27-25-16)14-3-5-15(6-4-14)21(22,23)24;2-1-3/h3-10,12H,2,11H2,1H3;1H,(H,2,3). The lowest BCUT2D eigenvalue weighted by molar-refractivity contribution is -0.137. The lowest BCUT2D eigenvalue weighted by Gasteiger charge is -2.06. The molecule has 162 valence electrons. The van der Waals surface area contributed by atoms with Crippen LogP contribution >= 0.6 is 11.3 Å². The molecule has 0 bridgehead atoms. The highest BCUT2D eigenvalue weighted by Crippen LogP contribution is 2.32. The molecule has 0 radical (unpaired) electrons. The van der Waals surface area contributed by atoms with Gasteiger partial charge in [-0.25, -0.2) is 0 Å². The highest BCUT2D eigenvalue weighted by molar-refractivity contribution is 7.17. The molecule has 9 heteroatoms. The van der Waals surface area contributed by atoms with Gasteiger partial charge in [0.15, 0.2) is 5.76 Å². The number of ether oxygens (including phenoxy) is 1. The molecule has 0 aliphatic rings. The topological polar surface area (TPSA) is 72.6 Å². The summed E-state index contributed by atoms with van der Waals surface area (Å²) in [6.45, 7) is 2.09. The summed E-state index contributed by atoms with van der Waals surface area (Å²) in [6, 6.07) is 12.4. The Hall–Kier alpha value is -3.33. The number of hydrogen-bond acceptors (Lipinski definition) is 5. The van der Waals surface area contributed by atoms with E-state index in [0.717, 1.165) is 24.3 Å². The van der Waals surface area contributed by atoms with Crippen molar-refractivity contribution in [2.45, 2.75) is 26.1 Å². The van der Waals surface area contributed by atoms with Crippen LogP contribution < -0.4 is 4.74 Å². The second-order valence-corrected chi connectivity index (χ2v) is 7.34. The predicted octanol–water partition coefficient (Wildman–Crippen LogP) is 6.42. The van der Waals surface area contributed by atoms with Gasteiger partial charge in [-0.15, -0.1) is 11.3 Å². The maximum absolute atomic E-state index is 12.7. The van der Waals surface area contributed by atoms with Crippen LogP contribution in [0.2, 0.25) is 0 Å². The number of rotatable bonds is 5. The molecule has 1 N–H and O–H groups in total. The first-order chi connectivity index (χ1) is 14.9. The van der Waals surface area contributed by atoms with Gasteiger partial charge in [-0.2, -0.15) is 13.2 Å². The quantitative estimate of drug-likeness (QED) is 0.356. The molecule has 4 aromatic rings. The fourth-order valence-corrected chi connectivity index (χ4v) is 4.00. The van der Waals surface area contributed by atoms with Gasteiger partial charge >= 0.3 is 6.18 Å². The van der Waals surface area contributed by atoms with Crippen molar-refractivity contribution in [3.8, 4) is 17.1 Å². The molecule has 2 heterocycles. The molecule has 0 atom stereocenters. The minimum Gasteiger partial charge on any atom is -0.487 e. The normalized spacial score (nSPS) is 11.1. The highest BCUT2D eigenvalue weighted by atomic mass is 32.1. The smallest absolute Gasteiger partial charge is 0.416 e. The van der Waals surface area contributed by atoms with Crippen LogP contribution in [0, 0.1) is 0 Å². The van der Waals surface area contributed by atoms with Crippen LogP contribution in [0.5, 0.6) is 5.75 Å². The van der Waals surface area contributed by atoms with Crippen LogP contribution in [0.25, 0.3) is 21.4 Å². The lowest BCUT2D eigenvalue weighted by Crippen LogP contribution is -2.03. The monoisotopic (exact) mass is 449 g/mol. The van der Waals surface area contributed by atoms with Crippen molar-refractivity contribution in [3.63, 3.8) is 0 Å². The van der Waals surface area contributed by atoms with Crippen molar-refractivity contribution >= 4 is 27.9 Å². The van der Waals surface area contributed by atoms with Crippen LogP contribution in [0.1, 0.15) is 23.7 Å². The average molecular weight is 449 g/mol. The summed E-state index contributed by atoms with van der Waals surface area (Å²) >= 11 is 1.68. The predicted molar refractivity (Wildman–Crippen MR) is 111 cm³/mol. The number of carbonyl (C=O) groups is 1. The van der Waals surface area contributed by atoms with E-state index in [1.54, 1.807) is 17.4 Å². The summed E-state index contributed by atoms with van der Waals surface area (Å²) in [5.41, 5.74) is 1.72. The number of fused-ring (bicyclic) bond motifs is 1. The first-order valence-corrected chi connectivity index (χ1v) is 10.1. The molecule has 5 nitrogen and oxygen atoms in total. The zero-order chi connectivity index (χ0) is 22.4. The number of aromatic nitrogens is 1. The molecule has 0 fully saturated rings. The van der Waals surface area contributed by atoms with E-state index in [2.05, 4.69) is 23.5 Å². The molecular weight excluding hydrogens is 431 g/mol. The van der Waals surface area contributed by atoms with Crippen molar-refractivity contribution in [1.29, 1.82) is 0 Å². The molecule has 0 saturated carbocycles. The summed E-state index contributed by atoms with van der Waals surface area (Å²) in [6.07, 6.45) is -3.37. The average Bonchev–Trinajstić information content (AvgIpc) is 3.39. The van der Waals surface area contributed by atoms with Gasteiger partial charge in [0, 0.05) is 16.3 Å². The van der Waals surface area contributed by atoms with Crippen LogP contribution in [0.15, 0.2) is 58.4 Å². The van der Waals surface area contributed by atoms with Gasteiger partial charge in [-0.1, -0.05) is 24.2 Å². The highest BCUT2D eigenvalue weighted by Gasteiger charge is 2.30. The minimum absolute atomic E-state index is 0.210. The maximum Gasteiger partial charge on any atom is 0.416 e. The number of aryl methyl sites for hydroxylation is 1. The van der Waals surface area contributed by atoms with Gasteiger partial charge in [0.1, 0.15) is 18.1 Å². The van der Waals surface area contributed by atoms with E-state index in [4.69, 9.17) is 19.2 Å². The largest absolute Gasteiger partial charge is 0.487 e.